The van der Waals surface area contributed by atoms with Crippen molar-refractivity contribution < 1.29 is 14.3 Å². The minimum atomic E-state index is -0.807. The standard InChI is InChI=1S/C18H22N2O3/c21-16(17-9-5-11-23-17)12-19-18(22)15-8-4-10-20(15)13-14-6-2-1-3-7-14/h1-3,5-7,9,11,15-16,21H,4,8,10,12-13H2,(H,19,22). The van der Waals surface area contributed by atoms with Gasteiger partial charge >= 0.3 is 0 Å². The summed E-state index contributed by atoms with van der Waals surface area (Å²) < 4.78 is 5.14. The Hall–Kier alpha value is -2.11. The summed E-state index contributed by atoms with van der Waals surface area (Å²) in [7, 11) is 0. The Morgan fingerprint density at radius 3 is 2.87 bits per heavy atom. The highest BCUT2D eigenvalue weighted by atomic mass is 16.4. The Bertz CT molecular complexity index is 612. The number of carbonyl (C=O) groups is 1. The minimum Gasteiger partial charge on any atom is -0.467 e. The molecule has 1 aromatic carbocycles. The van der Waals surface area contributed by atoms with Crippen LogP contribution in [0.3, 0.4) is 0 Å². The number of furan rings is 1. The summed E-state index contributed by atoms with van der Waals surface area (Å²) in [5, 5.41) is 12.8. The third-order valence-corrected chi connectivity index (χ3v) is 4.24. The number of hydrogen-bond acceptors (Lipinski definition) is 4. The van der Waals surface area contributed by atoms with E-state index in [-0.39, 0.29) is 18.5 Å². The number of nitrogens with one attached hydrogen (secondary N) is 1. The normalized spacial score (nSPS) is 19.6. The van der Waals surface area contributed by atoms with Crippen molar-refractivity contribution in [2.24, 2.45) is 0 Å². The maximum atomic E-state index is 12.4. The molecule has 2 unspecified atom stereocenters. The molecule has 23 heavy (non-hydrogen) atoms. The van der Waals surface area contributed by atoms with Crippen LogP contribution in [-0.4, -0.2) is 35.0 Å². The first-order valence-electron chi connectivity index (χ1n) is 8.01. The molecule has 1 aromatic heterocycles. The smallest absolute Gasteiger partial charge is 0.237 e. The molecule has 122 valence electrons. The molecule has 2 N–H and O–H groups in total. The van der Waals surface area contributed by atoms with E-state index in [0.717, 1.165) is 25.9 Å². The van der Waals surface area contributed by atoms with Crippen molar-refractivity contribution in [3.05, 3.63) is 60.1 Å². The second-order valence-electron chi connectivity index (χ2n) is 5.89. The van der Waals surface area contributed by atoms with E-state index in [2.05, 4.69) is 22.3 Å². The molecule has 0 aliphatic carbocycles. The molecule has 0 saturated carbocycles. The first-order chi connectivity index (χ1) is 11.2. The lowest BCUT2D eigenvalue weighted by atomic mass is 10.1. The zero-order valence-electron chi connectivity index (χ0n) is 13.0. The van der Waals surface area contributed by atoms with E-state index in [4.69, 9.17) is 4.42 Å². The molecule has 3 rings (SSSR count). The molecule has 1 amide bonds. The van der Waals surface area contributed by atoms with Gasteiger partial charge in [0.25, 0.3) is 0 Å². The fourth-order valence-electron chi connectivity index (χ4n) is 3.03. The van der Waals surface area contributed by atoms with Gasteiger partial charge in [-0.05, 0) is 37.1 Å². The summed E-state index contributed by atoms with van der Waals surface area (Å²) in [6.45, 7) is 1.87. The number of hydrogen-bond donors (Lipinski definition) is 2. The summed E-state index contributed by atoms with van der Waals surface area (Å²) in [5.74, 6) is 0.446. The van der Waals surface area contributed by atoms with Crippen molar-refractivity contribution in [3.8, 4) is 0 Å². The number of amides is 1. The molecule has 2 aromatic rings. The van der Waals surface area contributed by atoms with E-state index in [1.807, 2.05) is 18.2 Å². The molecular weight excluding hydrogens is 292 g/mol. The van der Waals surface area contributed by atoms with Crippen molar-refractivity contribution in [2.75, 3.05) is 13.1 Å². The van der Waals surface area contributed by atoms with E-state index in [0.29, 0.717) is 5.76 Å². The van der Waals surface area contributed by atoms with Crippen LogP contribution in [0.5, 0.6) is 0 Å². The zero-order valence-corrected chi connectivity index (χ0v) is 13.0. The fourth-order valence-corrected chi connectivity index (χ4v) is 3.03. The highest BCUT2D eigenvalue weighted by Gasteiger charge is 2.30. The number of aliphatic hydroxyl groups excluding tert-OH is 1. The molecule has 5 nitrogen and oxygen atoms in total. The van der Waals surface area contributed by atoms with E-state index in [9.17, 15) is 9.90 Å². The quantitative estimate of drug-likeness (QED) is 0.857. The number of likely N-dealkylation sites (tertiary alicyclic amines) is 1. The number of benzene rings is 1. The molecule has 2 atom stereocenters. The van der Waals surface area contributed by atoms with Crippen LogP contribution in [0.2, 0.25) is 0 Å². The maximum Gasteiger partial charge on any atom is 0.237 e. The van der Waals surface area contributed by atoms with Crippen LogP contribution in [0.1, 0.15) is 30.3 Å². The molecule has 1 aliphatic rings. The minimum absolute atomic E-state index is 0.0240. The first kappa shape index (κ1) is 15.8. The number of rotatable bonds is 6. The largest absolute Gasteiger partial charge is 0.467 e. The summed E-state index contributed by atoms with van der Waals surface area (Å²) in [4.78, 5) is 14.6. The molecule has 1 aliphatic heterocycles. The van der Waals surface area contributed by atoms with Gasteiger partial charge in [0, 0.05) is 6.54 Å². The lowest BCUT2D eigenvalue weighted by Crippen LogP contribution is -2.44. The van der Waals surface area contributed by atoms with Gasteiger partial charge in [-0.1, -0.05) is 30.3 Å². The number of nitrogens with zero attached hydrogens (tertiary/aromatic N) is 1. The Morgan fingerprint density at radius 2 is 2.13 bits per heavy atom. The van der Waals surface area contributed by atoms with E-state index in [1.165, 1.54) is 11.8 Å². The Morgan fingerprint density at radius 1 is 1.30 bits per heavy atom. The Kier molecular flexibility index (Phi) is 5.10. The van der Waals surface area contributed by atoms with Crippen LogP contribution < -0.4 is 5.32 Å². The molecule has 5 heteroatoms. The molecule has 0 radical (unpaired) electrons. The van der Waals surface area contributed by atoms with Gasteiger partial charge in [-0.25, -0.2) is 0 Å². The predicted octanol–water partition coefficient (Wildman–Crippen LogP) is 2.09. The predicted molar refractivity (Wildman–Crippen MR) is 86.6 cm³/mol. The van der Waals surface area contributed by atoms with Crippen molar-refractivity contribution in [1.29, 1.82) is 0 Å². The highest BCUT2D eigenvalue weighted by molar-refractivity contribution is 5.82. The van der Waals surface area contributed by atoms with E-state index < -0.39 is 6.10 Å². The van der Waals surface area contributed by atoms with Gasteiger partial charge in [0.15, 0.2) is 0 Å². The third kappa shape index (κ3) is 4.00. The molecular formula is C18H22N2O3. The SMILES string of the molecule is O=C(NCC(O)c1ccco1)C1CCCN1Cc1ccccc1. The summed E-state index contributed by atoms with van der Waals surface area (Å²) in [6.07, 6.45) is 2.58. The third-order valence-electron chi connectivity index (χ3n) is 4.24. The van der Waals surface area contributed by atoms with Gasteiger partial charge in [-0.2, -0.15) is 0 Å². The summed E-state index contributed by atoms with van der Waals surface area (Å²) in [5.41, 5.74) is 1.21. The van der Waals surface area contributed by atoms with Crippen molar-refractivity contribution >= 4 is 5.91 Å². The van der Waals surface area contributed by atoms with Gasteiger partial charge in [-0.15, -0.1) is 0 Å². The van der Waals surface area contributed by atoms with Crippen LogP contribution in [0, 0.1) is 0 Å². The van der Waals surface area contributed by atoms with Crippen molar-refractivity contribution in [1.82, 2.24) is 10.2 Å². The van der Waals surface area contributed by atoms with Crippen LogP contribution in [0.4, 0.5) is 0 Å². The van der Waals surface area contributed by atoms with Crippen LogP contribution >= 0.6 is 0 Å². The number of aliphatic hydroxyl groups is 1. The molecule has 1 fully saturated rings. The van der Waals surface area contributed by atoms with Gasteiger partial charge < -0.3 is 14.8 Å². The second-order valence-corrected chi connectivity index (χ2v) is 5.89. The molecule has 1 saturated heterocycles. The fraction of sp³-hybridized carbons (Fsp3) is 0.389. The van der Waals surface area contributed by atoms with Gasteiger partial charge in [0.2, 0.25) is 5.91 Å². The highest BCUT2D eigenvalue weighted by Crippen LogP contribution is 2.20. The topological polar surface area (TPSA) is 65.7 Å². The first-order valence-corrected chi connectivity index (χ1v) is 8.01. The van der Waals surface area contributed by atoms with E-state index >= 15 is 0 Å². The van der Waals surface area contributed by atoms with E-state index in [1.54, 1.807) is 12.1 Å². The summed E-state index contributed by atoms with van der Waals surface area (Å²) >= 11 is 0. The Labute approximate surface area is 135 Å². The van der Waals surface area contributed by atoms with Crippen molar-refractivity contribution in [3.63, 3.8) is 0 Å². The summed E-state index contributed by atoms with van der Waals surface area (Å²) in [6, 6.07) is 13.5. The second kappa shape index (κ2) is 7.44. The average molecular weight is 314 g/mol. The molecule has 2 heterocycles. The van der Waals surface area contributed by atoms with Crippen LogP contribution in [0.25, 0.3) is 0 Å². The lowest BCUT2D eigenvalue weighted by Gasteiger charge is -2.24. The molecule has 0 spiro atoms. The van der Waals surface area contributed by atoms with Gasteiger partial charge in [0.1, 0.15) is 11.9 Å². The molecule has 0 bridgehead atoms. The van der Waals surface area contributed by atoms with Crippen LogP contribution in [-0.2, 0) is 11.3 Å². The maximum absolute atomic E-state index is 12.4. The van der Waals surface area contributed by atoms with Crippen molar-refractivity contribution in [2.45, 2.75) is 31.5 Å². The Balaban J connectivity index is 1.53. The average Bonchev–Trinajstić information content (AvgIpc) is 3.25. The van der Waals surface area contributed by atoms with Gasteiger partial charge in [0.05, 0.1) is 18.8 Å². The lowest BCUT2D eigenvalue weighted by molar-refractivity contribution is -0.126. The zero-order chi connectivity index (χ0) is 16.1. The van der Waals surface area contributed by atoms with Gasteiger partial charge in [-0.3, -0.25) is 9.69 Å². The monoisotopic (exact) mass is 314 g/mol. The van der Waals surface area contributed by atoms with Crippen LogP contribution in [0.15, 0.2) is 53.1 Å². The number of carbonyl (C=O) groups excluding carboxylic acids is 1.